The third-order valence-electron chi connectivity index (χ3n) is 3.15. The Morgan fingerprint density at radius 3 is 3.05 bits per heavy atom. The molecule has 1 aliphatic rings. The lowest BCUT2D eigenvalue weighted by molar-refractivity contribution is 0.117. The molecule has 0 amide bonds. The van der Waals surface area contributed by atoms with E-state index in [4.69, 9.17) is 9.15 Å². The number of nitrogens with zero attached hydrogens (tertiary/aromatic N) is 1. The van der Waals surface area contributed by atoms with Crippen LogP contribution in [0.2, 0.25) is 0 Å². The summed E-state index contributed by atoms with van der Waals surface area (Å²) in [6, 6.07) is 4.25. The molecule has 5 nitrogen and oxygen atoms in total. The molecule has 1 unspecified atom stereocenters. The number of guanidine groups is 1. The van der Waals surface area contributed by atoms with Crippen LogP contribution >= 0.6 is 0 Å². The quantitative estimate of drug-likeness (QED) is 0.617. The van der Waals surface area contributed by atoms with E-state index >= 15 is 0 Å². The Balaban J connectivity index is 1.77. The smallest absolute Gasteiger partial charge is 0.191 e. The zero-order valence-corrected chi connectivity index (χ0v) is 12.4. The molecule has 1 fully saturated rings. The number of aliphatic imine (C=N–C) groups is 1. The van der Waals surface area contributed by atoms with Crippen LogP contribution in [0.25, 0.3) is 0 Å². The summed E-state index contributed by atoms with van der Waals surface area (Å²) in [6.07, 6.45) is 5.11. The summed E-state index contributed by atoms with van der Waals surface area (Å²) in [6.45, 7) is 6.62. The zero-order chi connectivity index (χ0) is 14.2. The van der Waals surface area contributed by atoms with E-state index in [1.807, 2.05) is 12.1 Å². The van der Waals surface area contributed by atoms with Crippen LogP contribution in [0.3, 0.4) is 0 Å². The van der Waals surface area contributed by atoms with Crippen molar-refractivity contribution in [2.24, 2.45) is 4.99 Å². The van der Waals surface area contributed by atoms with Gasteiger partial charge >= 0.3 is 0 Å². The van der Waals surface area contributed by atoms with E-state index in [1.165, 1.54) is 0 Å². The van der Waals surface area contributed by atoms with E-state index in [0.717, 1.165) is 50.7 Å². The minimum Gasteiger partial charge on any atom is -0.469 e. The fourth-order valence-electron chi connectivity index (χ4n) is 2.17. The second-order valence-electron chi connectivity index (χ2n) is 5.38. The van der Waals surface area contributed by atoms with Gasteiger partial charge in [-0.3, -0.25) is 4.99 Å². The van der Waals surface area contributed by atoms with Crippen molar-refractivity contribution in [2.45, 2.75) is 45.3 Å². The van der Waals surface area contributed by atoms with E-state index in [-0.39, 0.29) is 6.10 Å². The molecule has 1 saturated heterocycles. The molecule has 112 valence electrons. The minimum absolute atomic E-state index is 0.283. The largest absolute Gasteiger partial charge is 0.469 e. The van der Waals surface area contributed by atoms with Crippen LogP contribution in [0.4, 0.5) is 0 Å². The van der Waals surface area contributed by atoms with Crippen molar-refractivity contribution in [3.63, 3.8) is 0 Å². The highest BCUT2D eigenvalue weighted by Gasteiger charge is 2.15. The molecule has 1 aliphatic heterocycles. The molecule has 1 aromatic rings. The molecular formula is C15H25N3O2. The highest BCUT2D eigenvalue weighted by Crippen LogP contribution is 2.11. The van der Waals surface area contributed by atoms with Gasteiger partial charge in [0.05, 0.1) is 18.9 Å². The third kappa shape index (κ3) is 5.25. The van der Waals surface area contributed by atoms with Crippen LogP contribution in [-0.4, -0.2) is 37.8 Å². The summed E-state index contributed by atoms with van der Waals surface area (Å²) in [4.78, 5) is 4.60. The van der Waals surface area contributed by atoms with Gasteiger partial charge in [0.15, 0.2) is 5.96 Å². The Labute approximate surface area is 120 Å². The van der Waals surface area contributed by atoms with Crippen molar-refractivity contribution in [3.8, 4) is 0 Å². The molecule has 2 heterocycles. The highest BCUT2D eigenvalue weighted by atomic mass is 16.5. The van der Waals surface area contributed by atoms with E-state index in [9.17, 15) is 0 Å². The second kappa shape index (κ2) is 7.94. The first kappa shape index (κ1) is 14.9. The molecule has 2 rings (SSSR count). The maximum Gasteiger partial charge on any atom is 0.191 e. The fraction of sp³-hybridized carbons (Fsp3) is 0.667. The van der Waals surface area contributed by atoms with Crippen molar-refractivity contribution in [1.82, 2.24) is 10.6 Å². The molecule has 5 heteroatoms. The van der Waals surface area contributed by atoms with Gasteiger partial charge in [-0.05, 0) is 38.8 Å². The molecular weight excluding hydrogens is 254 g/mol. The molecule has 1 atom stereocenters. The number of furan rings is 1. The van der Waals surface area contributed by atoms with E-state index in [0.29, 0.717) is 6.04 Å². The van der Waals surface area contributed by atoms with Crippen molar-refractivity contribution in [2.75, 3.05) is 19.7 Å². The monoisotopic (exact) mass is 279 g/mol. The van der Waals surface area contributed by atoms with Crippen LogP contribution in [-0.2, 0) is 11.2 Å². The molecule has 0 radical (unpaired) electrons. The maximum absolute atomic E-state index is 5.59. The molecule has 2 N–H and O–H groups in total. The van der Waals surface area contributed by atoms with Gasteiger partial charge in [-0.25, -0.2) is 0 Å². The first-order chi connectivity index (χ1) is 9.74. The lowest BCUT2D eigenvalue weighted by Crippen LogP contribution is -2.42. The summed E-state index contributed by atoms with van der Waals surface area (Å²) in [7, 11) is 0. The summed E-state index contributed by atoms with van der Waals surface area (Å²) in [5.41, 5.74) is 0. The number of ether oxygens (including phenoxy) is 1. The number of hydrogen-bond donors (Lipinski definition) is 2. The third-order valence-corrected chi connectivity index (χ3v) is 3.15. The second-order valence-corrected chi connectivity index (χ2v) is 5.38. The molecule has 1 aromatic heterocycles. The molecule has 0 aliphatic carbocycles. The Bertz CT molecular complexity index is 395. The predicted octanol–water partition coefficient (Wildman–Crippen LogP) is 1.94. The first-order valence-corrected chi connectivity index (χ1v) is 7.43. The molecule has 0 saturated carbocycles. The zero-order valence-electron chi connectivity index (χ0n) is 12.4. The van der Waals surface area contributed by atoms with E-state index < -0.39 is 0 Å². The number of nitrogens with one attached hydrogen (secondary N) is 2. The summed E-state index contributed by atoms with van der Waals surface area (Å²) in [5, 5.41) is 6.67. The molecule has 0 bridgehead atoms. The van der Waals surface area contributed by atoms with Gasteiger partial charge in [-0.15, -0.1) is 0 Å². The van der Waals surface area contributed by atoms with Gasteiger partial charge in [0.2, 0.25) is 0 Å². The average Bonchev–Trinajstić information content (AvgIpc) is 3.08. The van der Waals surface area contributed by atoms with Crippen LogP contribution in [0.5, 0.6) is 0 Å². The van der Waals surface area contributed by atoms with Crippen LogP contribution < -0.4 is 10.6 Å². The summed E-state index contributed by atoms with van der Waals surface area (Å²) >= 11 is 0. The Kier molecular flexibility index (Phi) is 5.92. The maximum atomic E-state index is 5.59. The lowest BCUT2D eigenvalue weighted by Gasteiger charge is -2.16. The highest BCUT2D eigenvalue weighted by molar-refractivity contribution is 5.80. The SMILES string of the molecule is CC(C)NC(=NCC1CCCO1)NCCc1ccco1. The van der Waals surface area contributed by atoms with Crippen molar-refractivity contribution >= 4 is 5.96 Å². The first-order valence-electron chi connectivity index (χ1n) is 7.43. The fourth-order valence-corrected chi connectivity index (χ4v) is 2.17. The number of rotatable bonds is 6. The van der Waals surface area contributed by atoms with Crippen LogP contribution in [0, 0.1) is 0 Å². The van der Waals surface area contributed by atoms with Crippen LogP contribution in [0.15, 0.2) is 27.8 Å². The van der Waals surface area contributed by atoms with Gasteiger partial charge < -0.3 is 19.8 Å². The Hall–Kier alpha value is -1.49. The van der Waals surface area contributed by atoms with Crippen LogP contribution in [0.1, 0.15) is 32.4 Å². The molecule has 0 spiro atoms. The van der Waals surface area contributed by atoms with Gasteiger partial charge in [0.25, 0.3) is 0 Å². The number of hydrogen-bond acceptors (Lipinski definition) is 3. The minimum atomic E-state index is 0.283. The normalized spacial score (nSPS) is 19.6. The van der Waals surface area contributed by atoms with Crippen molar-refractivity contribution in [1.29, 1.82) is 0 Å². The van der Waals surface area contributed by atoms with Crippen molar-refractivity contribution in [3.05, 3.63) is 24.2 Å². The van der Waals surface area contributed by atoms with E-state index in [2.05, 4.69) is 29.5 Å². The summed E-state index contributed by atoms with van der Waals surface area (Å²) < 4.78 is 10.9. The lowest BCUT2D eigenvalue weighted by atomic mass is 10.2. The molecule has 20 heavy (non-hydrogen) atoms. The standard InChI is InChI=1S/C15H25N3O2/c1-12(2)18-15(17-11-14-6-4-10-20-14)16-8-7-13-5-3-9-19-13/h3,5,9,12,14H,4,6-8,10-11H2,1-2H3,(H2,16,17,18). The average molecular weight is 279 g/mol. The summed E-state index contributed by atoms with van der Waals surface area (Å²) in [5.74, 6) is 1.84. The van der Waals surface area contributed by atoms with Crippen molar-refractivity contribution < 1.29 is 9.15 Å². The van der Waals surface area contributed by atoms with Gasteiger partial charge in [0.1, 0.15) is 5.76 Å². The van der Waals surface area contributed by atoms with Gasteiger partial charge in [-0.2, -0.15) is 0 Å². The topological polar surface area (TPSA) is 58.8 Å². The predicted molar refractivity (Wildman–Crippen MR) is 80.0 cm³/mol. The Morgan fingerprint density at radius 2 is 2.40 bits per heavy atom. The molecule has 0 aromatic carbocycles. The van der Waals surface area contributed by atoms with E-state index in [1.54, 1.807) is 6.26 Å². The van der Waals surface area contributed by atoms with Gasteiger partial charge in [0, 0.05) is 25.6 Å². The Morgan fingerprint density at radius 1 is 1.50 bits per heavy atom. The van der Waals surface area contributed by atoms with Gasteiger partial charge in [-0.1, -0.05) is 0 Å².